The number of fused-ring (bicyclic) bond motifs is 1. The van der Waals surface area contributed by atoms with Crippen molar-refractivity contribution in [2.75, 3.05) is 0 Å². The first kappa shape index (κ1) is 62.8. The van der Waals surface area contributed by atoms with Gasteiger partial charge in [-0.1, -0.05) is 205 Å². The van der Waals surface area contributed by atoms with Crippen LogP contribution in [0.15, 0.2) is 0 Å². The first-order valence-electron chi connectivity index (χ1n) is 46.1. The summed E-state index contributed by atoms with van der Waals surface area (Å²) in [6.07, 6.45) is 87.0. The number of hydrogen-bond acceptors (Lipinski definition) is 0. The van der Waals surface area contributed by atoms with Gasteiger partial charge in [0.15, 0.2) is 0 Å². The molecule has 520 valence electrons. The second-order valence-electron chi connectivity index (χ2n) is 43.0. The summed E-state index contributed by atoms with van der Waals surface area (Å²) in [5.41, 5.74) is 0.906. The quantitative estimate of drug-likeness (QED) is 0.212. The molecule has 11 atom stereocenters. The third-order valence-corrected chi connectivity index (χ3v) is 39.3. The summed E-state index contributed by atoms with van der Waals surface area (Å²) in [4.78, 5) is 0. The van der Waals surface area contributed by atoms with E-state index in [1.165, 1.54) is 374 Å². The normalized spacial score (nSPS) is 58.3. The molecule has 0 radical (unpaired) electrons. The average Bonchev–Trinajstić information content (AvgIpc) is 1.46. The van der Waals surface area contributed by atoms with E-state index in [2.05, 4.69) is 0 Å². The van der Waals surface area contributed by atoms with Gasteiger partial charge in [-0.3, -0.25) is 0 Å². The van der Waals surface area contributed by atoms with Gasteiger partial charge in [-0.05, 0) is 373 Å². The zero-order chi connectivity index (χ0) is 60.9. The Balaban J connectivity index is 0.0000000712. The van der Waals surface area contributed by atoms with Gasteiger partial charge in [-0.25, -0.2) is 0 Å². The SMILES string of the molecule is C12C3C4C1C1C2C3C41.C1C2C3C4C1C1C2C2C3C4C12.C1C2CC3C1C3C2.C1C2CC3CC1CC(C2)C3.C1C2CC3CC1CC3C2.C1CC2CC3CCCC3(C1)C2.C1CCC2C3CCC2C(C1)C3.C1CCCC1.C1CCCCC1.C1CCCCCC1.C1CCCCCCC1. The van der Waals surface area contributed by atoms with Crippen molar-refractivity contribution in [1.29, 1.82) is 0 Å². The number of rotatable bonds is 0. The maximum atomic E-state index is 1.70. The lowest BCUT2D eigenvalue weighted by Gasteiger charge is -3.03. The van der Waals surface area contributed by atoms with E-state index >= 15 is 0 Å². The van der Waals surface area contributed by atoms with Crippen molar-refractivity contribution in [3.63, 3.8) is 0 Å². The van der Waals surface area contributed by atoms with E-state index in [0.29, 0.717) is 0 Å². The van der Waals surface area contributed by atoms with Gasteiger partial charge in [-0.15, -0.1) is 0 Å². The average molecular weight is 1270 g/mol. The standard InChI is InChI=1S/C11H12.2C11H18.C10H16.C9H14.C8H8.C8H16.C7H10.C7H14.C6H12.C5H10/c1-2-4-6-3(1)7-5(2)9-8(4)10(6)11(7)9;1-3-9-7-10-4-2-6-11(10,5-1)8-9;1-2-4-10-9-5-6-11(10)8(3-1)7-9;1-7-2-9-4-8(1)5-10(3-7)6-9;1-6-2-8-4-7(1)5-9(8)3-6;1-2-5-3(1)7-4(1)6(2)8(5)7;1-2-4-6-8-7-5-3-1;1-4-2-6-5(1)7(6)3-4;1-2-4-6-7-5-3-1;1-2-4-6-5-3-1;1-2-4-5-3-1/h2-11H,1H2;9-10H,1-8H2;8-11H,1-7H2;7-10H,1-6H2;6-9H,1-5H2;1-8H;1-8H2;4-7H,1-3H2;1-7H2;1-6H2;1-5H2. The molecule has 20 bridgehead atoms. The molecule has 0 aromatic rings. The summed E-state index contributed by atoms with van der Waals surface area (Å²) in [5.74, 6) is 45.4. The van der Waals surface area contributed by atoms with E-state index in [0.717, 1.165) is 11.3 Å². The molecule has 35 aliphatic carbocycles. The van der Waals surface area contributed by atoms with Crippen LogP contribution in [0.4, 0.5) is 0 Å². The molecular formula is C93H148. The van der Waals surface area contributed by atoms with E-state index in [1.54, 1.807) is 193 Å². The lowest BCUT2D eigenvalue weighted by atomic mass is 9.01. The molecule has 35 aliphatic rings. The van der Waals surface area contributed by atoms with Gasteiger partial charge in [0.25, 0.3) is 0 Å². The van der Waals surface area contributed by atoms with Gasteiger partial charge >= 0.3 is 0 Å². The van der Waals surface area contributed by atoms with Crippen molar-refractivity contribution < 1.29 is 0 Å². The van der Waals surface area contributed by atoms with Crippen molar-refractivity contribution in [2.24, 2.45) is 218 Å². The predicted molar refractivity (Wildman–Crippen MR) is 387 cm³/mol. The minimum atomic E-state index is 0.906. The zero-order valence-corrected chi connectivity index (χ0v) is 60.9. The van der Waals surface area contributed by atoms with Gasteiger partial charge in [0, 0.05) is 0 Å². The fourth-order valence-corrected chi connectivity index (χ4v) is 36.5. The highest BCUT2D eigenvalue weighted by molar-refractivity contribution is 5.44. The highest BCUT2D eigenvalue weighted by Gasteiger charge is 2.98. The van der Waals surface area contributed by atoms with E-state index in [1.807, 2.05) is 0 Å². The lowest BCUT2D eigenvalue weighted by Crippen LogP contribution is -3.00. The molecule has 0 aromatic carbocycles. The molecule has 0 heterocycles. The van der Waals surface area contributed by atoms with Crippen LogP contribution in [0.5, 0.6) is 0 Å². The summed E-state index contributed by atoms with van der Waals surface area (Å²) in [7, 11) is 0. The Morgan fingerprint density at radius 3 is 0.796 bits per heavy atom. The van der Waals surface area contributed by atoms with Gasteiger partial charge in [0.05, 0.1) is 0 Å². The third kappa shape index (κ3) is 10.9. The lowest BCUT2D eigenvalue weighted by molar-refractivity contribution is -0.565. The smallest absolute Gasteiger partial charge is 0.0266 e. The highest BCUT2D eigenvalue weighted by Crippen LogP contribution is 3.01. The molecule has 0 nitrogen and oxygen atoms in total. The van der Waals surface area contributed by atoms with Crippen LogP contribution >= 0.6 is 0 Å². The minimum absolute atomic E-state index is 0.906. The Morgan fingerprint density at radius 2 is 0.452 bits per heavy atom. The molecule has 0 aliphatic heterocycles. The molecule has 35 saturated carbocycles. The molecule has 35 rings (SSSR count). The maximum Gasteiger partial charge on any atom is -0.0266 e. The summed E-state index contributed by atoms with van der Waals surface area (Å²) in [5, 5.41) is 0. The van der Waals surface area contributed by atoms with Gasteiger partial charge < -0.3 is 0 Å². The molecule has 0 aromatic heterocycles. The zero-order valence-electron chi connectivity index (χ0n) is 60.9. The summed E-state index contributed by atoms with van der Waals surface area (Å²) < 4.78 is 0. The maximum absolute atomic E-state index is 1.70. The van der Waals surface area contributed by atoms with Crippen molar-refractivity contribution in [1.82, 2.24) is 0 Å². The van der Waals surface area contributed by atoms with Crippen LogP contribution in [0.3, 0.4) is 0 Å². The van der Waals surface area contributed by atoms with Crippen LogP contribution in [-0.4, -0.2) is 0 Å². The Labute approximate surface area is 574 Å². The molecule has 93 heavy (non-hydrogen) atoms. The molecule has 35 fully saturated rings. The molecule has 0 heteroatoms. The van der Waals surface area contributed by atoms with Crippen LogP contribution in [0.1, 0.15) is 360 Å². The predicted octanol–water partition coefficient (Wildman–Crippen LogP) is 26.3. The second-order valence-corrected chi connectivity index (χ2v) is 43.0. The molecule has 11 unspecified atom stereocenters. The fraction of sp³-hybridized carbons (Fsp3) is 1.00. The second kappa shape index (κ2) is 26.4. The largest absolute Gasteiger partial charge is 0.0533 e. The van der Waals surface area contributed by atoms with Crippen LogP contribution in [0.2, 0.25) is 0 Å². The van der Waals surface area contributed by atoms with Gasteiger partial charge in [-0.2, -0.15) is 0 Å². The van der Waals surface area contributed by atoms with Gasteiger partial charge in [0.1, 0.15) is 0 Å². The molecule has 0 saturated heterocycles. The summed E-state index contributed by atoms with van der Waals surface area (Å²) in [6, 6.07) is 0. The third-order valence-electron chi connectivity index (χ3n) is 39.3. The number of hydrogen-bond donors (Lipinski definition) is 0. The Bertz CT molecular complexity index is 2130. The molecule has 0 amide bonds. The van der Waals surface area contributed by atoms with E-state index < -0.39 is 0 Å². The van der Waals surface area contributed by atoms with Crippen molar-refractivity contribution >= 4 is 0 Å². The monoisotopic (exact) mass is 1270 g/mol. The first-order valence-corrected chi connectivity index (χ1v) is 46.1. The van der Waals surface area contributed by atoms with E-state index in [4.69, 9.17) is 0 Å². The fourth-order valence-electron chi connectivity index (χ4n) is 36.5. The Kier molecular flexibility index (Phi) is 17.8. The van der Waals surface area contributed by atoms with Crippen molar-refractivity contribution in [3.05, 3.63) is 0 Å². The Morgan fingerprint density at radius 1 is 0.151 bits per heavy atom. The van der Waals surface area contributed by atoms with E-state index in [9.17, 15) is 0 Å². The minimum Gasteiger partial charge on any atom is -0.0533 e. The molecular weight excluding hydrogens is 1120 g/mol. The topological polar surface area (TPSA) is 0 Å². The first-order chi connectivity index (χ1) is 46.1. The van der Waals surface area contributed by atoms with Crippen LogP contribution in [0.25, 0.3) is 0 Å². The van der Waals surface area contributed by atoms with Crippen LogP contribution in [-0.2, 0) is 0 Å². The van der Waals surface area contributed by atoms with Crippen molar-refractivity contribution in [3.8, 4) is 0 Å². The highest BCUT2D eigenvalue weighted by atomic mass is 15.0. The van der Waals surface area contributed by atoms with Crippen molar-refractivity contribution in [2.45, 2.75) is 360 Å². The summed E-state index contributed by atoms with van der Waals surface area (Å²) >= 11 is 0. The molecule has 1 spiro atoms. The van der Waals surface area contributed by atoms with Crippen LogP contribution < -0.4 is 0 Å². The Hall–Kier alpha value is 0. The van der Waals surface area contributed by atoms with E-state index in [-0.39, 0.29) is 0 Å². The summed E-state index contributed by atoms with van der Waals surface area (Å²) in [6.45, 7) is 0. The molecule has 0 N–H and O–H groups in total. The van der Waals surface area contributed by atoms with Crippen LogP contribution in [0, 0.1) is 218 Å². The van der Waals surface area contributed by atoms with Gasteiger partial charge in [0.2, 0.25) is 0 Å².